The monoisotopic (exact) mass is 425 g/mol. The third-order valence-corrected chi connectivity index (χ3v) is 3.52. The summed E-state index contributed by atoms with van der Waals surface area (Å²) in [5, 5.41) is 11.9. The molecule has 0 unspecified atom stereocenters. The van der Waals surface area contributed by atoms with Crippen molar-refractivity contribution in [1.82, 2.24) is 21.3 Å². The molecule has 1 aromatic carbocycles. The van der Waals surface area contributed by atoms with Crippen LogP contribution in [0, 0.1) is 0 Å². The fourth-order valence-corrected chi connectivity index (χ4v) is 2.44. The van der Waals surface area contributed by atoms with Crippen molar-refractivity contribution in [3.8, 4) is 0 Å². The van der Waals surface area contributed by atoms with Crippen molar-refractivity contribution < 1.29 is 9.59 Å². The first-order valence-corrected chi connectivity index (χ1v) is 9.37. The van der Waals surface area contributed by atoms with E-state index in [0.29, 0.717) is 31.2 Å². The van der Waals surface area contributed by atoms with E-state index in [1.54, 1.807) is 12.1 Å². The summed E-state index contributed by atoms with van der Waals surface area (Å²) in [7, 11) is 0. The molecule has 0 aliphatic carbocycles. The van der Waals surface area contributed by atoms with Crippen molar-refractivity contribution in [2.24, 2.45) is 4.99 Å². The summed E-state index contributed by atoms with van der Waals surface area (Å²) < 4.78 is 0.860. The van der Waals surface area contributed by atoms with Crippen molar-refractivity contribution >= 4 is 33.7 Å². The number of benzene rings is 1. The molecule has 4 N–H and O–H groups in total. The number of hydrogen-bond donors (Lipinski definition) is 4. The Labute approximate surface area is 163 Å². The lowest BCUT2D eigenvalue weighted by atomic mass is 10.1. The lowest BCUT2D eigenvalue weighted by Gasteiger charge is -2.20. The third kappa shape index (κ3) is 9.41. The minimum atomic E-state index is -0.283. The van der Waals surface area contributed by atoms with Gasteiger partial charge in [-0.2, -0.15) is 0 Å². The van der Waals surface area contributed by atoms with Gasteiger partial charge in [-0.05, 0) is 45.9 Å². The van der Waals surface area contributed by atoms with Crippen LogP contribution >= 0.6 is 15.9 Å². The number of nitrogens with one attached hydrogen (secondary N) is 4. The van der Waals surface area contributed by atoms with E-state index in [2.05, 4.69) is 42.2 Å². The van der Waals surface area contributed by atoms with Crippen LogP contribution in [0.25, 0.3) is 0 Å². The summed E-state index contributed by atoms with van der Waals surface area (Å²) >= 11 is 3.35. The number of hydrogen-bond acceptors (Lipinski definition) is 3. The Morgan fingerprint density at radius 2 is 1.81 bits per heavy atom. The molecule has 144 valence electrons. The molecule has 0 radical (unpaired) electrons. The van der Waals surface area contributed by atoms with Crippen molar-refractivity contribution in [3.05, 3.63) is 34.3 Å². The van der Waals surface area contributed by atoms with Crippen LogP contribution in [-0.2, 0) is 4.79 Å². The van der Waals surface area contributed by atoms with Crippen LogP contribution in [0.2, 0.25) is 0 Å². The van der Waals surface area contributed by atoms with Gasteiger partial charge in [0.2, 0.25) is 5.91 Å². The lowest BCUT2D eigenvalue weighted by Crippen LogP contribution is -2.44. The van der Waals surface area contributed by atoms with E-state index in [0.717, 1.165) is 4.47 Å². The van der Waals surface area contributed by atoms with Gasteiger partial charge in [0, 0.05) is 35.2 Å². The number of guanidine groups is 1. The maximum absolute atomic E-state index is 12.1. The van der Waals surface area contributed by atoms with Gasteiger partial charge >= 0.3 is 0 Å². The van der Waals surface area contributed by atoms with Gasteiger partial charge in [-0.25, -0.2) is 4.99 Å². The predicted octanol–water partition coefficient (Wildman–Crippen LogP) is 1.65. The summed E-state index contributed by atoms with van der Waals surface area (Å²) in [6.45, 7) is 9.36. The van der Waals surface area contributed by atoms with Gasteiger partial charge < -0.3 is 21.3 Å². The fraction of sp³-hybridized carbons (Fsp3) is 0.500. The summed E-state index contributed by atoms with van der Waals surface area (Å²) in [6, 6.07) is 7.21. The first-order valence-electron chi connectivity index (χ1n) is 8.58. The van der Waals surface area contributed by atoms with Crippen LogP contribution in [0.5, 0.6) is 0 Å². The third-order valence-electron chi connectivity index (χ3n) is 3.03. The molecule has 0 heterocycles. The predicted molar refractivity (Wildman–Crippen MR) is 108 cm³/mol. The number of halogens is 1. The van der Waals surface area contributed by atoms with E-state index in [4.69, 9.17) is 0 Å². The smallest absolute Gasteiger partial charge is 0.251 e. The maximum Gasteiger partial charge on any atom is 0.251 e. The number of amides is 2. The van der Waals surface area contributed by atoms with Gasteiger partial charge in [-0.3, -0.25) is 9.59 Å². The molecule has 0 spiro atoms. The first-order chi connectivity index (χ1) is 12.2. The van der Waals surface area contributed by atoms with Crippen LogP contribution < -0.4 is 21.3 Å². The number of aliphatic imine (C=N–C) groups is 1. The zero-order chi connectivity index (χ0) is 19.6. The molecule has 0 atom stereocenters. The minimum Gasteiger partial charge on any atom is -0.357 e. The number of carbonyl (C=O) groups excluding carboxylic acids is 2. The Morgan fingerprint density at radius 1 is 1.12 bits per heavy atom. The average Bonchev–Trinajstić information content (AvgIpc) is 2.54. The van der Waals surface area contributed by atoms with Gasteiger partial charge in [0.1, 0.15) is 6.54 Å². The van der Waals surface area contributed by atoms with E-state index in [1.807, 2.05) is 39.8 Å². The van der Waals surface area contributed by atoms with Crippen molar-refractivity contribution in [1.29, 1.82) is 0 Å². The summed E-state index contributed by atoms with van der Waals surface area (Å²) in [5.41, 5.74) is 0.313. The molecule has 0 aliphatic rings. The molecular formula is C18H28BrN5O2. The molecule has 0 aromatic heterocycles. The molecule has 0 saturated carbocycles. The fourth-order valence-electron chi connectivity index (χ4n) is 2.04. The topological polar surface area (TPSA) is 94.6 Å². The van der Waals surface area contributed by atoms with Crippen molar-refractivity contribution in [2.45, 2.75) is 33.2 Å². The molecule has 0 saturated heterocycles. The highest BCUT2D eigenvalue weighted by Crippen LogP contribution is 2.11. The summed E-state index contributed by atoms with van der Waals surface area (Å²) in [4.78, 5) is 28.1. The Kier molecular flexibility index (Phi) is 9.12. The molecule has 7 nitrogen and oxygen atoms in total. The molecule has 1 aromatic rings. The molecule has 0 bridgehead atoms. The molecule has 1 rings (SSSR count). The highest BCUT2D eigenvalue weighted by Gasteiger charge is 2.13. The van der Waals surface area contributed by atoms with Crippen LogP contribution in [0.3, 0.4) is 0 Å². The average molecular weight is 426 g/mol. The quantitative estimate of drug-likeness (QED) is 0.303. The molecule has 26 heavy (non-hydrogen) atoms. The van der Waals surface area contributed by atoms with Crippen LogP contribution in [0.4, 0.5) is 0 Å². The molecule has 0 fully saturated rings. The zero-order valence-corrected chi connectivity index (χ0v) is 17.4. The molecule has 8 heteroatoms. The Balaban J connectivity index is 2.42. The van der Waals surface area contributed by atoms with Crippen LogP contribution in [0.1, 0.15) is 38.1 Å². The Hall–Kier alpha value is -2.09. The normalized spacial score (nSPS) is 11.7. The number of nitrogens with zero attached hydrogens (tertiary/aromatic N) is 1. The van der Waals surface area contributed by atoms with Gasteiger partial charge in [0.25, 0.3) is 5.91 Å². The standard InChI is InChI=1S/C18H28BrN5O2/c1-5-20-17(23-12-15(25)24-18(2,3)4)22-10-9-21-16(26)13-7-6-8-14(19)11-13/h6-8,11H,5,9-10,12H2,1-4H3,(H,21,26)(H,24,25)(H2,20,22,23). The Bertz CT molecular complexity index is 641. The lowest BCUT2D eigenvalue weighted by molar-refractivity contribution is -0.121. The van der Waals surface area contributed by atoms with Crippen molar-refractivity contribution in [3.63, 3.8) is 0 Å². The highest BCUT2D eigenvalue weighted by molar-refractivity contribution is 9.10. The number of carbonyl (C=O) groups is 2. The van der Waals surface area contributed by atoms with E-state index in [-0.39, 0.29) is 23.9 Å². The second kappa shape index (κ2) is 10.8. The van der Waals surface area contributed by atoms with Gasteiger partial charge in [-0.1, -0.05) is 22.0 Å². The van der Waals surface area contributed by atoms with Crippen LogP contribution in [-0.4, -0.2) is 49.5 Å². The van der Waals surface area contributed by atoms with Gasteiger partial charge in [0.15, 0.2) is 5.96 Å². The van der Waals surface area contributed by atoms with Crippen molar-refractivity contribution in [2.75, 3.05) is 26.2 Å². The highest BCUT2D eigenvalue weighted by atomic mass is 79.9. The van der Waals surface area contributed by atoms with E-state index in [1.165, 1.54) is 0 Å². The van der Waals surface area contributed by atoms with Crippen LogP contribution in [0.15, 0.2) is 33.7 Å². The van der Waals surface area contributed by atoms with E-state index >= 15 is 0 Å². The largest absolute Gasteiger partial charge is 0.357 e. The number of rotatable bonds is 7. The van der Waals surface area contributed by atoms with E-state index in [9.17, 15) is 9.59 Å². The summed E-state index contributed by atoms with van der Waals surface area (Å²) in [5.74, 6) is 0.255. The summed E-state index contributed by atoms with van der Waals surface area (Å²) in [6.07, 6.45) is 0. The second-order valence-corrected chi connectivity index (χ2v) is 7.60. The molecule has 2 amide bonds. The zero-order valence-electron chi connectivity index (χ0n) is 15.8. The van der Waals surface area contributed by atoms with Gasteiger partial charge in [-0.15, -0.1) is 0 Å². The Morgan fingerprint density at radius 3 is 2.42 bits per heavy atom. The minimum absolute atomic E-state index is 0.0387. The maximum atomic E-state index is 12.1. The second-order valence-electron chi connectivity index (χ2n) is 6.69. The molecular weight excluding hydrogens is 398 g/mol. The first kappa shape index (κ1) is 22.0. The molecule has 0 aliphatic heterocycles. The van der Waals surface area contributed by atoms with Gasteiger partial charge in [0.05, 0.1) is 0 Å². The van der Waals surface area contributed by atoms with E-state index < -0.39 is 0 Å². The SMILES string of the molecule is CCNC(=NCC(=O)NC(C)(C)C)NCCNC(=O)c1cccc(Br)c1.